The number of hydrogen-bond donors (Lipinski definition) is 1. The minimum absolute atomic E-state index is 0.121. The average Bonchev–Trinajstić information content (AvgIpc) is 2.46. The van der Waals surface area contributed by atoms with E-state index in [0.29, 0.717) is 6.54 Å². The van der Waals surface area contributed by atoms with E-state index in [2.05, 4.69) is 10.3 Å². The van der Waals surface area contributed by atoms with Crippen LogP contribution in [0.4, 0.5) is 10.2 Å². The predicted molar refractivity (Wildman–Crippen MR) is 72.7 cm³/mol. The highest BCUT2D eigenvalue weighted by atomic mass is 19.1. The van der Waals surface area contributed by atoms with E-state index in [-0.39, 0.29) is 17.3 Å². The zero-order valence-corrected chi connectivity index (χ0v) is 11.3. The normalized spacial score (nSPS) is 15.4. The molecule has 1 saturated heterocycles. The van der Waals surface area contributed by atoms with Crippen LogP contribution in [0.1, 0.15) is 43.0 Å². The van der Waals surface area contributed by atoms with E-state index >= 15 is 0 Å². The Morgan fingerprint density at radius 1 is 1.42 bits per heavy atom. The molecule has 1 fully saturated rings. The molecule has 1 aliphatic rings. The van der Waals surface area contributed by atoms with Crippen LogP contribution < -0.4 is 5.32 Å². The molecule has 19 heavy (non-hydrogen) atoms. The van der Waals surface area contributed by atoms with Crippen LogP contribution in [0.2, 0.25) is 0 Å². The number of nitrogens with zero attached hydrogens (tertiary/aromatic N) is 2. The van der Waals surface area contributed by atoms with Gasteiger partial charge < -0.3 is 10.2 Å². The number of rotatable bonds is 4. The molecule has 0 unspecified atom stereocenters. The molecule has 1 aliphatic heterocycles. The van der Waals surface area contributed by atoms with Crippen LogP contribution >= 0.6 is 0 Å². The molecular weight excluding hydrogens is 245 g/mol. The molecule has 0 saturated carbocycles. The second-order valence-electron chi connectivity index (χ2n) is 4.80. The number of aromatic nitrogens is 1. The van der Waals surface area contributed by atoms with E-state index in [4.69, 9.17) is 0 Å². The molecule has 1 aromatic heterocycles. The summed E-state index contributed by atoms with van der Waals surface area (Å²) in [6.07, 6.45) is 5.51. The smallest absolute Gasteiger partial charge is 0.257 e. The highest BCUT2D eigenvalue weighted by molar-refractivity contribution is 5.95. The number of halogens is 1. The number of amides is 1. The van der Waals surface area contributed by atoms with Gasteiger partial charge in [-0.25, -0.2) is 9.37 Å². The Labute approximate surface area is 113 Å². The van der Waals surface area contributed by atoms with Crippen molar-refractivity contribution in [2.45, 2.75) is 32.6 Å². The number of carbonyl (C=O) groups excluding carboxylic acids is 1. The van der Waals surface area contributed by atoms with Gasteiger partial charge in [-0.2, -0.15) is 0 Å². The summed E-state index contributed by atoms with van der Waals surface area (Å²) in [6, 6.07) is 1.46. The lowest BCUT2D eigenvalue weighted by Crippen LogP contribution is -2.36. The van der Waals surface area contributed by atoms with Crippen molar-refractivity contribution in [3.8, 4) is 0 Å². The third kappa shape index (κ3) is 3.22. The van der Waals surface area contributed by atoms with Crippen LogP contribution in [0.15, 0.2) is 12.3 Å². The molecule has 0 spiro atoms. The lowest BCUT2D eigenvalue weighted by molar-refractivity contribution is 0.0719. The van der Waals surface area contributed by atoms with Crippen molar-refractivity contribution < 1.29 is 9.18 Å². The molecular formula is C14H20FN3O. The molecule has 1 aromatic rings. The van der Waals surface area contributed by atoms with Gasteiger partial charge in [0.05, 0.1) is 5.56 Å². The quantitative estimate of drug-likeness (QED) is 0.910. The molecule has 5 heteroatoms. The Hall–Kier alpha value is -1.65. The van der Waals surface area contributed by atoms with E-state index in [1.807, 2.05) is 6.92 Å². The van der Waals surface area contributed by atoms with Crippen molar-refractivity contribution in [2.24, 2.45) is 0 Å². The molecule has 1 amide bonds. The summed E-state index contributed by atoms with van der Waals surface area (Å²) < 4.78 is 14.2. The Bertz CT molecular complexity index is 444. The van der Waals surface area contributed by atoms with Gasteiger partial charge in [0.15, 0.2) is 11.6 Å². The van der Waals surface area contributed by atoms with Crippen molar-refractivity contribution in [2.75, 3.05) is 25.0 Å². The Kier molecular flexibility index (Phi) is 4.71. The highest BCUT2D eigenvalue weighted by Crippen LogP contribution is 2.19. The van der Waals surface area contributed by atoms with Gasteiger partial charge in [-0.3, -0.25) is 4.79 Å². The molecule has 1 N–H and O–H groups in total. The van der Waals surface area contributed by atoms with Crippen molar-refractivity contribution in [1.29, 1.82) is 0 Å². The predicted octanol–water partition coefficient (Wildman–Crippen LogP) is 2.67. The lowest BCUT2D eigenvalue weighted by atomic mass is 10.1. The Balaban J connectivity index is 2.16. The summed E-state index contributed by atoms with van der Waals surface area (Å²) in [5, 5.41) is 2.90. The van der Waals surface area contributed by atoms with Gasteiger partial charge in [-0.1, -0.05) is 6.92 Å². The summed E-state index contributed by atoms with van der Waals surface area (Å²) >= 11 is 0. The van der Waals surface area contributed by atoms with E-state index in [1.165, 1.54) is 12.3 Å². The monoisotopic (exact) mass is 265 g/mol. The Morgan fingerprint density at radius 2 is 2.16 bits per heavy atom. The maximum absolute atomic E-state index is 14.2. The number of carbonyl (C=O) groups is 1. The molecule has 104 valence electrons. The molecule has 0 aromatic carbocycles. The third-order valence-corrected chi connectivity index (χ3v) is 3.31. The zero-order valence-electron chi connectivity index (χ0n) is 11.3. The maximum atomic E-state index is 14.2. The molecule has 0 bridgehead atoms. The topological polar surface area (TPSA) is 45.2 Å². The number of nitrogens with one attached hydrogen (secondary N) is 1. The number of likely N-dealkylation sites (tertiary alicyclic amines) is 1. The standard InChI is InChI=1S/C14H20FN3O/c1-2-7-16-13-12(15)11(6-8-17-13)14(19)18-9-4-3-5-10-18/h6,8H,2-5,7,9-10H2,1H3,(H,16,17). The van der Waals surface area contributed by atoms with Crippen LogP contribution in [-0.4, -0.2) is 35.4 Å². The number of pyridine rings is 1. The fourth-order valence-electron chi connectivity index (χ4n) is 2.24. The van der Waals surface area contributed by atoms with E-state index in [9.17, 15) is 9.18 Å². The SMILES string of the molecule is CCCNc1nccc(C(=O)N2CCCCC2)c1F. The molecule has 0 aliphatic carbocycles. The first kappa shape index (κ1) is 13.8. The maximum Gasteiger partial charge on any atom is 0.257 e. The fourth-order valence-corrected chi connectivity index (χ4v) is 2.24. The van der Waals surface area contributed by atoms with Gasteiger partial charge in [0, 0.05) is 25.8 Å². The number of anilines is 1. The van der Waals surface area contributed by atoms with E-state index < -0.39 is 5.82 Å². The van der Waals surface area contributed by atoms with Gasteiger partial charge in [0.25, 0.3) is 5.91 Å². The van der Waals surface area contributed by atoms with Crippen LogP contribution in [-0.2, 0) is 0 Å². The highest BCUT2D eigenvalue weighted by Gasteiger charge is 2.22. The molecule has 2 rings (SSSR count). The Morgan fingerprint density at radius 3 is 2.84 bits per heavy atom. The summed E-state index contributed by atoms with van der Waals surface area (Å²) in [7, 11) is 0. The molecule has 0 radical (unpaired) electrons. The first-order valence-corrected chi connectivity index (χ1v) is 6.91. The van der Waals surface area contributed by atoms with Crippen LogP contribution in [0.25, 0.3) is 0 Å². The second-order valence-corrected chi connectivity index (χ2v) is 4.80. The molecule has 4 nitrogen and oxygen atoms in total. The summed E-state index contributed by atoms with van der Waals surface area (Å²) in [4.78, 5) is 18.0. The van der Waals surface area contributed by atoms with E-state index in [0.717, 1.165) is 38.8 Å². The summed E-state index contributed by atoms with van der Waals surface area (Å²) in [5.41, 5.74) is 0.121. The molecule has 2 heterocycles. The fraction of sp³-hybridized carbons (Fsp3) is 0.571. The van der Waals surface area contributed by atoms with Crippen LogP contribution in [0.5, 0.6) is 0 Å². The number of piperidine rings is 1. The van der Waals surface area contributed by atoms with Crippen molar-refractivity contribution in [3.63, 3.8) is 0 Å². The van der Waals surface area contributed by atoms with Gasteiger partial charge in [0.2, 0.25) is 0 Å². The minimum atomic E-state index is -0.536. The number of hydrogen-bond acceptors (Lipinski definition) is 3. The average molecular weight is 265 g/mol. The second kappa shape index (κ2) is 6.50. The van der Waals surface area contributed by atoms with Crippen molar-refractivity contribution in [1.82, 2.24) is 9.88 Å². The largest absolute Gasteiger partial charge is 0.368 e. The summed E-state index contributed by atoms with van der Waals surface area (Å²) in [5.74, 6) is -0.588. The minimum Gasteiger partial charge on any atom is -0.368 e. The van der Waals surface area contributed by atoms with Crippen molar-refractivity contribution in [3.05, 3.63) is 23.6 Å². The first-order valence-electron chi connectivity index (χ1n) is 6.91. The van der Waals surface area contributed by atoms with Gasteiger partial charge in [-0.05, 0) is 31.7 Å². The third-order valence-electron chi connectivity index (χ3n) is 3.31. The first-order chi connectivity index (χ1) is 9.24. The van der Waals surface area contributed by atoms with Crippen molar-refractivity contribution >= 4 is 11.7 Å². The lowest BCUT2D eigenvalue weighted by Gasteiger charge is -2.27. The van der Waals surface area contributed by atoms with Gasteiger partial charge in [0.1, 0.15) is 0 Å². The zero-order chi connectivity index (χ0) is 13.7. The van der Waals surface area contributed by atoms with Gasteiger partial charge >= 0.3 is 0 Å². The summed E-state index contributed by atoms with van der Waals surface area (Å²) in [6.45, 7) is 4.08. The van der Waals surface area contributed by atoms with Crippen LogP contribution in [0.3, 0.4) is 0 Å². The molecule has 0 atom stereocenters. The van der Waals surface area contributed by atoms with Gasteiger partial charge in [-0.15, -0.1) is 0 Å². The van der Waals surface area contributed by atoms with E-state index in [1.54, 1.807) is 4.90 Å². The van der Waals surface area contributed by atoms with Crippen LogP contribution in [0, 0.1) is 5.82 Å².